The molecule has 190 valence electrons. The number of alkyl halides is 4. The maximum Gasteiger partial charge on any atom is 0.586 e. The first-order chi connectivity index (χ1) is 17.8. The molecule has 2 aliphatic rings. The molecule has 4 aromatic rings. The van der Waals surface area contributed by atoms with Crippen molar-refractivity contribution in [1.29, 1.82) is 0 Å². The van der Waals surface area contributed by atoms with Crippen LogP contribution in [0.1, 0.15) is 13.8 Å². The molecule has 0 aliphatic carbocycles. The summed E-state index contributed by atoms with van der Waals surface area (Å²) in [4.78, 5) is 0. The highest BCUT2D eigenvalue weighted by Gasteiger charge is 2.48. The molecule has 4 nitrogen and oxygen atoms in total. The number of fused-ring (bicyclic) bond motifs is 2. The number of hydrogen-bond donors (Lipinski definition) is 0. The summed E-state index contributed by atoms with van der Waals surface area (Å²) in [5.41, 5.74) is 0.309. The fraction of sp³-hybridized carbons (Fsp3) is 0.143. The predicted octanol–water partition coefficient (Wildman–Crippen LogP) is 6.78. The molecule has 6 rings (SSSR count). The van der Waals surface area contributed by atoms with Crippen molar-refractivity contribution in [1.82, 2.24) is 0 Å². The maximum absolute atomic E-state index is 14.2. The zero-order valence-electron chi connectivity index (χ0n) is 19.8. The van der Waals surface area contributed by atoms with Gasteiger partial charge in [-0.2, -0.15) is 0 Å². The first kappa shape index (κ1) is 24.9. The van der Waals surface area contributed by atoms with E-state index in [1.165, 1.54) is 24.3 Å². The van der Waals surface area contributed by atoms with Crippen molar-refractivity contribution in [2.24, 2.45) is 0 Å². The lowest BCUT2D eigenvalue weighted by molar-refractivity contribution is -0.287. The summed E-state index contributed by atoms with van der Waals surface area (Å²) >= 11 is 0. The first-order valence-corrected chi connectivity index (χ1v) is 12.9. The van der Waals surface area contributed by atoms with Gasteiger partial charge in [0.15, 0.2) is 23.0 Å². The summed E-state index contributed by atoms with van der Waals surface area (Å²) in [6.45, 7) is 4.00. The highest BCUT2D eigenvalue weighted by molar-refractivity contribution is 7.80. The Bertz CT molecular complexity index is 1380. The minimum absolute atomic E-state index is 0.132. The summed E-state index contributed by atoms with van der Waals surface area (Å²) < 4.78 is 75.4. The molecule has 0 aromatic heterocycles. The van der Waals surface area contributed by atoms with Crippen LogP contribution in [-0.2, 0) is 0 Å². The predicted molar refractivity (Wildman–Crippen MR) is 134 cm³/mol. The first-order valence-electron chi connectivity index (χ1n) is 11.5. The lowest BCUT2D eigenvalue weighted by Gasteiger charge is -2.23. The molecule has 0 radical (unpaired) electrons. The van der Waals surface area contributed by atoms with Crippen molar-refractivity contribution >= 4 is 23.8 Å². The molecule has 0 fully saturated rings. The summed E-state index contributed by atoms with van der Waals surface area (Å²) in [6.07, 6.45) is -7.79. The third-order valence-corrected chi connectivity index (χ3v) is 8.00. The van der Waals surface area contributed by atoms with Crippen molar-refractivity contribution in [3.63, 3.8) is 0 Å². The Hall–Kier alpha value is -3.77. The van der Waals surface area contributed by atoms with Gasteiger partial charge in [-0.05, 0) is 42.0 Å². The lowest BCUT2D eigenvalue weighted by Crippen LogP contribution is -2.27. The summed E-state index contributed by atoms with van der Waals surface area (Å²) in [5, 5.41) is 2.45. The average molecular weight is 528 g/mol. The zero-order valence-corrected chi connectivity index (χ0v) is 20.6. The fourth-order valence-corrected chi connectivity index (χ4v) is 6.66. The van der Waals surface area contributed by atoms with Crippen LogP contribution in [-0.4, -0.2) is 12.6 Å². The van der Waals surface area contributed by atoms with Gasteiger partial charge in [-0.1, -0.05) is 86.6 Å². The van der Waals surface area contributed by atoms with Gasteiger partial charge in [0.05, 0.1) is 0 Å². The van der Waals surface area contributed by atoms with Gasteiger partial charge in [0.2, 0.25) is 0 Å². The van der Waals surface area contributed by atoms with E-state index in [-0.39, 0.29) is 34.1 Å². The molecule has 37 heavy (non-hydrogen) atoms. The van der Waals surface area contributed by atoms with Gasteiger partial charge < -0.3 is 18.9 Å². The number of halogens is 4. The monoisotopic (exact) mass is 528 g/mol. The van der Waals surface area contributed by atoms with Crippen molar-refractivity contribution in [2.45, 2.75) is 26.4 Å². The van der Waals surface area contributed by atoms with E-state index in [0.717, 1.165) is 10.6 Å². The third-order valence-electron chi connectivity index (χ3n) is 5.52. The molecule has 0 saturated heterocycles. The van der Waals surface area contributed by atoms with Crippen molar-refractivity contribution in [3.05, 3.63) is 91.0 Å². The van der Waals surface area contributed by atoms with Crippen LogP contribution in [0.3, 0.4) is 0 Å². The van der Waals surface area contributed by atoms with E-state index < -0.39 is 20.5 Å². The van der Waals surface area contributed by atoms with Crippen LogP contribution in [0.4, 0.5) is 17.6 Å². The summed E-state index contributed by atoms with van der Waals surface area (Å²) in [6, 6.07) is 26.4. The Balaban J connectivity index is 0.00000137. The maximum atomic E-state index is 14.2. The standard InChI is InChI=1S/C26H15F4O4P.C2H6/c27-25(28)31-19-13-7-12-18(23(19)33-25)22-21(15-14-20-24(22)34-26(29,30)32-20)35(16-8-3-1-4-9-16)17-10-5-2-6-11-17;1-2/h1-15H;1-2H3. The number of ether oxygens (including phenoxy) is 4. The highest BCUT2D eigenvalue weighted by Crippen LogP contribution is 2.55. The Kier molecular flexibility index (Phi) is 6.46. The van der Waals surface area contributed by atoms with E-state index in [1.807, 2.05) is 74.5 Å². The van der Waals surface area contributed by atoms with Gasteiger partial charge in [0, 0.05) is 11.1 Å². The molecule has 9 heteroatoms. The molecule has 2 heterocycles. The molecular weight excluding hydrogens is 507 g/mol. The molecule has 0 spiro atoms. The van der Waals surface area contributed by atoms with Crippen molar-refractivity contribution in [3.8, 4) is 34.1 Å². The Morgan fingerprint density at radius 3 is 1.62 bits per heavy atom. The van der Waals surface area contributed by atoms with Crippen LogP contribution in [0, 0.1) is 0 Å². The van der Waals surface area contributed by atoms with Crippen molar-refractivity contribution < 1.29 is 36.5 Å². The van der Waals surface area contributed by atoms with Gasteiger partial charge in [-0.25, -0.2) is 0 Å². The molecule has 4 aromatic carbocycles. The topological polar surface area (TPSA) is 36.9 Å². The number of benzene rings is 4. The smallest absolute Gasteiger partial charge is 0.395 e. The van der Waals surface area contributed by atoms with Gasteiger partial charge in [-0.3, -0.25) is 0 Å². The Labute approximate surface area is 212 Å². The van der Waals surface area contributed by atoms with Crippen LogP contribution in [0.2, 0.25) is 0 Å². The average Bonchev–Trinajstić information content (AvgIpc) is 3.39. The van der Waals surface area contributed by atoms with E-state index in [9.17, 15) is 17.6 Å². The summed E-state index contributed by atoms with van der Waals surface area (Å²) in [7, 11) is -1.32. The van der Waals surface area contributed by atoms with E-state index in [4.69, 9.17) is 14.2 Å². The van der Waals surface area contributed by atoms with Crippen LogP contribution in [0.25, 0.3) is 11.1 Å². The molecule has 0 unspecified atom stereocenters. The quantitative estimate of drug-likeness (QED) is 0.216. The second-order valence-electron chi connectivity index (χ2n) is 7.76. The van der Waals surface area contributed by atoms with E-state index in [2.05, 4.69) is 4.74 Å². The summed E-state index contributed by atoms with van der Waals surface area (Å²) in [5.74, 6) is -0.917. The van der Waals surface area contributed by atoms with Crippen LogP contribution < -0.4 is 34.9 Å². The van der Waals surface area contributed by atoms with Gasteiger partial charge in [-0.15, -0.1) is 17.6 Å². The number of para-hydroxylation sites is 1. The Morgan fingerprint density at radius 2 is 1.05 bits per heavy atom. The second-order valence-corrected chi connectivity index (χ2v) is 9.95. The second kappa shape index (κ2) is 9.60. The minimum Gasteiger partial charge on any atom is -0.395 e. The minimum atomic E-state index is -3.91. The largest absolute Gasteiger partial charge is 0.586 e. The zero-order chi connectivity index (χ0) is 26.2. The Morgan fingerprint density at radius 1 is 0.541 bits per heavy atom. The van der Waals surface area contributed by atoms with E-state index >= 15 is 0 Å². The van der Waals surface area contributed by atoms with Crippen molar-refractivity contribution in [2.75, 3.05) is 0 Å². The molecule has 0 saturated carbocycles. The normalized spacial score (nSPS) is 15.8. The van der Waals surface area contributed by atoms with E-state index in [0.29, 0.717) is 5.30 Å². The molecule has 2 aliphatic heterocycles. The van der Waals surface area contributed by atoms with Crippen LogP contribution >= 0.6 is 7.92 Å². The molecule has 0 atom stereocenters. The van der Waals surface area contributed by atoms with Gasteiger partial charge >= 0.3 is 12.6 Å². The van der Waals surface area contributed by atoms with E-state index in [1.54, 1.807) is 6.07 Å². The molecular formula is C28H21F4O4P. The van der Waals surface area contributed by atoms with Crippen LogP contribution in [0.15, 0.2) is 91.0 Å². The number of rotatable bonds is 4. The van der Waals surface area contributed by atoms with Gasteiger partial charge in [0.25, 0.3) is 0 Å². The van der Waals surface area contributed by atoms with Gasteiger partial charge in [0.1, 0.15) is 0 Å². The molecule has 0 bridgehead atoms. The fourth-order valence-electron chi connectivity index (χ4n) is 4.20. The van der Waals surface area contributed by atoms with Crippen LogP contribution in [0.5, 0.6) is 23.0 Å². The SMILES string of the molecule is CC.FC1(F)Oc2cccc(-c3c(P(c4ccccc4)c4ccccc4)ccc4c3OC(F)(F)O4)c2O1. The third kappa shape index (κ3) is 4.69. The molecule has 0 amide bonds. The lowest BCUT2D eigenvalue weighted by atomic mass is 10.0. The molecule has 0 N–H and O–H groups in total. The number of hydrogen-bond acceptors (Lipinski definition) is 4. The highest BCUT2D eigenvalue weighted by atomic mass is 31.1.